The SMILES string of the molecule is Cc1ccc(CNc2nc(-c3cccs3)nn2S(=O)(=O)c2ccccc2)o1. The van der Waals surface area contributed by atoms with E-state index in [2.05, 4.69) is 15.4 Å². The zero-order chi connectivity index (χ0) is 18.9. The van der Waals surface area contributed by atoms with Gasteiger partial charge in [-0.3, -0.25) is 0 Å². The maximum absolute atomic E-state index is 13.1. The van der Waals surface area contributed by atoms with Gasteiger partial charge in [0.05, 0.1) is 16.3 Å². The summed E-state index contributed by atoms with van der Waals surface area (Å²) in [6.07, 6.45) is 0. The number of rotatable bonds is 6. The van der Waals surface area contributed by atoms with Gasteiger partial charge in [-0.25, -0.2) is 0 Å². The quantitative estimate of drug-likeness (QED) is 0.530. The monoisotopic (exact) mass is 400 g/mol. The summed E-state index contributed by atoms with van der Waals surface area (Å²) in [5.41, 5.74) is 0. The number of thiophene rings is 1. The molecule has 0 aliphatic rings. The molecule has 0 saturated carbocycles. The highest BCUT2D eigenvalue weighted by molar-refractivity contribution is 7.90. The fraction of sp³-hybridized carbons (Fsp3) is 0.111. The van der Waals surface area contributed by atoms with Crippen LogP contribution in [0.5, 0.6) is 0 Å². The van der Waals surface area contributed by atoms with Gasteiger partial charge in [0.25, 0.3) is 10.0 Å². The van der Waals surface area contributed by atoms with Gasteiger partial charge in [0.1, 0.15) is 11.5 Å². The molecule has 0 atom stereocenters. The normalized spacial score (nSPS) is 11.6. The minimum atomic E-state index is -3.88. The average Bonchev–Trinajstić information content (AvgIpc) is 3.41. The molecule has 1 N–H and O–H groups in total. The fourth-order valence-electron chi connectivity index (χ4n) is 2.52. The summed E-state index contributed by atoms with van der Waals surface area (Å²) in [6.45, 7) is 2.14. The first kappa shape index (κ1) is 17.5. The van der Waals surface area contributed by atoms with Crippen LogP contribution in [0.2, 0.25) is 0 Å². The second kappa shape index (κ2) is 7.01. The summed E-state index contributed by atoms with van der Waals surface area (Å²) in [7, 11) is -3.88. The van der Waals surface area contributed by atoms with Crippen LogP contribution in [0.15, 0.2) is 69.3 Å². The van der Waals surface area contributed by atoms with Crippen LogP contribution in [-0.4, -0.2) is 22.6 Å². The Hall–Kier alpha value is -2.91. The lowest BCUT2D eigenvalue weighted by Gasteiger charge is -2.08. The molecule has 0 aliphatic heterocycles. The summed E-state index contributed by atoms with van der Waals surface area (Å²) in [6, 6.07) is 15.5. The van der Waals surface area contributed by atoms with Gasteiger partial charge in [-0.1, -0.05) is 24.3 Å². The van der Waals surface area contributed by atoms with Crippen LogP contribution in [0.3, 0.4) is 0 Å². The molecule has 3 aromatic heterocycles. The van der Waals surface area contributed by atoms with Crippen molar-refractivity contribution >= 4 is 27.3 Å². The predicted octanol–water partition coefficient (Wildman–Crippen LogP) is 3.76. The Bertz CT molecular complexity index is 1150. The molecule has 0 spiro atoms. The third-order valence-corrected chi connectivity index (χ3v) is 6.25. The van der Waals surface area contributed by atoms with Crippen molar-refractivity contribution in [2.75, 3.05) is 5.32 Å². The molecule has 9 heteroatoms. The highest BCUT2D eigenvalue weighted by Crippen LogP contribution is 2.25. The van der Waals surface area contributed by atoms with Crippen LogP contribution in [0.1, 0.15) is 11.5 Å². The van der Waals surface area contributed by atoms with Crippen molar-refractivity contribution in [2.24, 2.45) is 0 Å². The largest absolute Gasteiger partial charge is 0.465 e. The highest BCUT2D eigenvalue weighted by Gasteiger charge is 2.24. The Kier molecular flexibility index (Phi) is 4.54. The zero-order valence-corrected chi connectivity index (χ0v) is 16.0. The second-order valence-corrected chi connectivity index (χ2v) is 8.48. The van der Waals surface area contributed by atoms with E-state index in [0.29, 0.717) is 18.1 Å². The molecule has 4 rings (SSSR count). The van der Waals surface area contributed by atoms with Crippen molar-refractivity contribution in [3.8, 4) is 10.7 Å². The number of nitrogens with one attached hydrogen (secondary N) is 1. The molecule has 7 nitrogen and oxygen atoms in total. The summed E-state index contributed by atoms with van der Waals surface area (Å²) < 4.78 is 32.6. The predicted molar refractivity (Wildman–Crippen MR) is 103 cm³/mol. The number of hydrogen-bond donors (Lipinski definition) is 1. The number of aryl methyl sites for hydroxylation is 1. The average molecular weight is 400 g/mol. The van der Waals surface area contributed by atoms with Crippen LogP contribution in [0, 0.1) is 6.92 Å². The summed E-state index contributed by atoms with van der Waals surface area (Å²) in [4.78, 5) is 5.33. The van der Waals surface area contributed by atoms with Crippen molar-refractivity contribution in [3.63, 3.8) is 0 Å². The van der Waals surface area contributed by atoms with E-state index in [9.17, 15) is 8.42 Å². The smallest absolute Gasteiger partial charge is 0.286 e. The number of aromatic nitrogens is 3. The Morgan fingerprint density at radius 3 is 2.59 bits per heavy atom. The Morgan fingerprint density at radius 1 is 1.11 bits per heavy atom. The molecule has 0 bridgehead atoms. The molecule has 3 heterocycles. The van der Waals surface area contributed by atoms with Crippen LogP contribution < -0.4 is 5.32 Å². The molecule has 0 fully saturated rings. The van der Waals surface area contributed by atoms with E-state index in [-0.39, 0.29) is 10.8 Å². The summed E-state index contributed by atoms with van der Waals surface area (Å²) in [5.74, 6) is 1.94. The molecule has 4 aromatic rings. The zero-order valence-electron chi connectivity index (χ0n) is 14.4. The van der Waals surface area contributed by atoms with Crippen LogP contribution >= 0.6 is 11.3 Å². The maximum atomic E-state index is 13.1. The van der Waals surface area contributed by atoms with E-state index in [4.69, 9.17) is 4.42 Å². The molecular weight excluding hydrogens is 384 g/mol. The van der Waals surface area contributed by atoms with Gasteiger partial charge in [0, 0.05) is 0 Å². The third kappa shape index (κ3) is 3.51. The Balaban J connectivity index is 1.74. The van der Waals surface area contributed by atoms with Crippen LogP contribution in [-0.2, 0) is 16.6 Å². The minimum absolute atomic E-state index is 0.135. The third-order valence-electron chi connectivity index (χ3n) is 3.81. The first-order valence-corrected chi connectivity index (χ1v) is 10.5. The van der Waals surface area contributed by atoms with Crippen LogP contribution in [0.4, 0.5) is 5.95 Å². The number of anilines is 1. The fourth-order valence-corrected chi connectivity index (χ4v) is 4.39. The molecule has 0 saturated heterocycles. The summed E-state index contributed by atoms with van der Waals surface area (Å²) >= 11 is 1.44. The number of benzene rings is 1. The van der Waals surface area contributed by atoms with E-state index in [1.54, 1.807) is 18.2 Å². The van der Waals surface area contributed by atoms with Crippen molar-refractivity contribution in [1.82, 2.24) is 14.2 Å². The number of furan rings is 1. The van der Waals surface area contributed by atoms with Gasteiger partial charge in [-0.15, -0.1) is 20.5 Å². The van der Waals surface area contributed by atoms with Gasteiger partial charge in [-0.05, 0) is 42.6 Å². The highest BCUT2D eigenvalue weighted by atomic mass is 32.2. The standard InChI is InChI=1S/C18H16N4O3S2/c1-13-9-10-14(25-13)12-19-18-20-17(16-8-5-11-26-16)21-22(18)27(23,24)15-6-3-2-4-7-15/h2-11H,12H2,1H3,(H,19,20,21). The van der Waals surface area contributed by atoms with Gasteiger partial charge in [-0.2, -0.15) is 13.4 Å². The lowest BCUT2D eigenvalue weighted by atomic mass is 10.4. The van der Waals surface area contributed by atoms with Gasteiger partial charge >= 0.3 is 0 Å². The molecule has 1 aromatic carbocycles. The topological polar surface area (TPSA) is 90.0 Å². The molecule has 0 radical (unpaired) electrons. The van der Waals surface area contributed by atoms with Crippen molar-refractivity contribution in [2.45, 2.75) is 18.4 Å². The molecule has 0 amide bonds. The first-order chi connectivity index (χ1) is 13.0. The van der Waals surface area contributed by atoms with Crippen molar-refractivity contribution in [1.29, 1.82) is 0 Å². The number of nitrogens with zero attached hydrogens (tertiary/aromatic N) is 3. The Labute approximate surface area is 160 Å². The van der Waals surface area contributed by atoms with Crippen molar-refractivity contribution < 1.29 is 12.8 Å². The lowest BCUT2D eigenvalue weighted by Crippen LogP contribution is -2.18. The van der Waals surface area contributed by atoms with Gasteiger partial charge in [0.2, 0.25) is 5.95 Å². The molecule has 27 heavy (non-hydrogen) atoms. The minimum Gasteiger partial charge on any atom is -0.465 e. The van der Waals surface area contributed by atoms with Crippen LogP contribution in [0.25, 0.3) is 10.7 Å². The van der Waals surface area contributed by atoms with E-state index >= 15 is 0 Å². The maximum Gasteiger partial charge on any atom is 0.286 e. The van der Waals surface area contributed by atoms with Gasteiger partial charge < -0.3 is 9.73 Å². The molecular formula is C18H16N4O3S2. The molecule has 0 aliphatic carbocycles. The Morgan fingerprint density at radius 2 is 1.93 bits per heavy atom. The number of hydrogen-bond acceptors (Lipinski definition) is 7. The van der Waals surface area contributed by atoms with Gasteiger partial charge in [0.15, 0.2) is 5.82 Å². The van der Waals surface area contributed by atoms with E-state index < -0.39 is 10.0 Å². The molecule has 138 valence electrons. The second-order valence-electron chi connectivity index (χ2n) is 5.76. The van der Waals surface area contributed by atoms with E-state index in [1.807, 2.05) is 36.6 Å². The van der Waals surface area contributed by atoms with E-state index in [0.717, 1.165) is 14.7 Å². The first-order valence-electron chi connectivity index (χ1n) is 8.15. The van der Waals surface area contributed by atoms with Crippen molar-refractivity contribution in [3.05, 3.63) is 71.5 Å². The van der Waals surface area contributed by atoms with E-state index in [1.165, 1.54) is 23.5 Å². The lowest BCUT2D eigenvalue weighted by molar-refractivity contribution is 0.490. The molecule has 0 unspecified atom stereocenters. The summed E-state index contributed by atoms with van der Waals surface area (Å²) in [5, 5.41) is 9.16.